The number of rotatable bonds is 9. The number of carbonyl (C=O) groups is 3. The van der Waals surface area contributed by atoms with Crippen LogP contribution in [0.5, 0.6) is 0 Å². The molecule has 7 heteroatoms. The summed E-state index contributed by atoms with van der Waals surface area (Å²) in [7, 11) is 0. The van der Waals surface area contributed by atoms with E-state index >= 15 is 0 Å². The summed E-state index contributed by atoms with van der Waals surface area (Å²) in [6.07, 6.45) is -0.545. The molecule has 7 nitrogen and oxygen atoms in total. The Balaban J connectivity index is 1.42. The zero-order chi connectivity index (χ0) is 26.5. The standard InChI is InChI=1S/C31H32N2O5/c1-2-37-31(36)28-25(26-21-38-30(33(26)29(28)35)24-16-10-5-11-17-24)18-27(34)32(19-22-12-6-3-7-13-22)20-23-14-8-4-9-15-23/h3-17,25-26,28,30H,2,18-21H2,1H3/t25-,26-,28+,30-/m1/s1. The first kappa shape index (κ1) is 25.7. The lowest BCUT2D eigenvalue weighted by atomic mass is 9.87. The summed E-state index contributed by atoms with van der Waals surface area (Å²) in [6, 6.07) is 28.7. The maximum atomic E-state index is 13.9. The number of benzene rings is 3. The summed E-state index contributed by atoms with van der Waals surface area (Å²) in [5.74, 6) is -2.61. The highest BCUT2D eigenvalue weighted by molar-refractivity contribution is 6.01. The van der Waals surface area contributed by atoms with Gasteiger partial charge in [0, 0.05) is 31.0 Å². The van der Waals surface area contributed by atoms with Gasteiger partial charge in [-0.2, -0.15) is 0 Å². The minimum atomic E-state index is -1.03. The monoisotopic (exact) mass is 512 g/mol. The Kier molecular flexibility index (Phi) is 7.84. The Morgan fingerprint density at radius 1 is 0.895 bits per heavy atom. The predicted molar refractivity (Wildman–Crippen MR) is 141 cm³/mol. The van der Waals surface area contributed by atoms with Gasteiger partial charge < -0.3 is 19.3 Å². The van der Waals surface area contributed by atoms with Crippen LogP contribution in [0.1, 0.15) is 36.3 Å². The smallest absolute Gasteiger partial charge is 0.318 e. The van der Waals surface area contributed by atoms with Crippen molar-refractivity contribution in [2.75, 3.05) is 13.2 Å². The van der Waals surface area contributed by atoms with E-state index in [1.807, 2.05) is 91.0 Å². The predicted octanol–water partition coefficient (Wildman–Crippen LogP) is 4.34. The molecule has 2 aliphatic rings. The third kappa shape index (κ3) is 5.34. The molecule has 3 aromatic carbocycles. The molecule has 38 heavy (non-hydrogen) atoms. The molecule has 4 atom stereocenters. The van der Waals surface area contributed by atoms with Crippen molar-refractivity contribution in [1.82, 2.24) is 9.80 Å². The van der Waals surface area contributed by atoms with E-state index in [4.69, 9.17) is 9.47 Å². The molecule has 0 radical (unpaired) electrons. The van der Waals surface area contributed by atoms with Crippen LogP contribution in [-0.4, -0.2) is 46.8 Å². The van der Waals surface area contributed by atoms with Gasteiger partial charge in [0.05, 0.1) is 19.3 Å². The Labute approximate surface area is 223 Å². The molecular weight excluding hydrogens is 480 g/mol. The molecule has 2 saturated heterocycles. The first-order valence-corrected chi connectivity index (χ1v) is 13.1. The van der Waals surface area contributed by atoms with E-state index in [2.05, 4.69) is 0 Å². The van der Waals surface area contributed by atoms with Crippen LogP contribution in [0.15, 0.2) is 91.0 Å². The fraction of sp³-hybridized carbons (Fsp3) is 0.323. The normalized spacial score (nSPS) is 22.2. The lowest BCUT2D eigenvalue weighted by Gasteiger charge is -2.27. The average Bonchev–Trinajstić information content (AvgIpc) is 3.49. The van der Waals surface area contributed by atoms with E-state index < -0.39 is 24.0 Å². The maximum absolute atomic E-state index is 13.9. The third-order valence-corrected chi connectivity index (χ3v) is 7.30. The van der Waals surface area contributed by atoms with Gasteiger partial charge in [0.1, 0.15) is 5.92 Å². The summed E-state index contributed by atoms with van der Waals surface area (Å²) in [4.78, 5) is 44.0. The van der Waals surface area contributed by atoms with Crippen molar-refractivity contribution in [1.29, 1.82) is 0 Å². The lowest BCUT2D eigenvalue weighted by molar-refractivity contribution is -0.155. The Morgan fingerprint density at radius 2 is 1.45 bits per heavy atom. The molecule has 0 saturated carbocycles. The number of nitrogens with zero attached hydrogens (tertiary/aromatic N) is 2. The fourth-order valence-corrected chi connectivity index (χ4v) is 5.51. The van der Waals surface area contributed by atoms with Crippen LogP contribution < -0.4 is 0 Å². The SMILES string of the molecule is CCOC(=O)[C@@H]1C(=O)N2[C@@H](c3ccccc3)OC[C@@H]2[C@H]1CC(=O)N(Cc1ccccc1)Cc1ccccc1. The van der Waals surface area contributed by atoms with Crippen molar-refractivity contribution in [2.24, 2.45) is 11.8 Å². The summed E-state index contributed by atoms with van der Waals surface area (Å²) < 4.78 is 11.4. The Hall–Kier alpha value is -3.97. The molecule has 196 valence electrons. The highest BCUT2D eigenvalue weighted by Gasteiger charge is 2.58. The second kappa shape index (κ2) is 11.6. The summed E-state index contributed by atoms with van der Waals surface area (Å²) in [6.45, 7) is 3.00. The Morgan fingerprint density at radius 3 is 2.00 bits per heavy atom. The molecule has 2 fully saturated rings. The van der Waals surface area contributed by atoms with E-state index in [0.717, 1.165) is 16.7 Å². The van der Waals surface area contributed by atoms with Gasteiger partial charge in [-0.1, -0.05) is 91.0 Å². The molecule has 0 aromatic heterocycles. The number of amides is 2. The molecule has 0 bridgehead atoms. The number of fused-ring (bicyclic) bond motifs is 1. The minimum absolute atomic E-state index is 0.0426. The summed E-state index contributed by atoms with van der Waals surface area (Å²) in [5.41, 5.74) is 2.86. The van der Waals surface area contributed by atoms with Crippen molar-refractivity contribution in [3.05, 3.63) is 108 Å². The number of hydrogen-bond acceptors (Lipinski definition) is 5. The van der Waals surface area contributed by atoms with Crippen molar-refractivity contribution >= 4 is 17.8 Å². The van der Waals surface area contributed by atoms with Gasteiger partial charge in [0.25, 0.3) is 0 Å². The molecular formula is C31H32N2O5. The van der Waals surface area contributed by atoms with Crippen LogP contribution in [0.25, 0.3) is 0 Å². The Bertz CT molecular complexity index is 1210. The molecule has 2 amide bonds. The van der Waals surface area contributed by atoms with Crippen LogP contribution in [0, 0.1) is 11.8 Å². The lowest BCUT2D eigenvalue weighted by Crippen LogP contribution is -2.37. The zero-order valence-electron chi connectivity index (χ0n) is 21.4. The number of hydrogen-bond donors (Lipinski definition) is 0. The molecule has 0 unspecified atom stereocenters. The molecule has 0 N–H and O–H groups in total. The van der Waals surface area contributed by atoms with Crippen molar-refractivity contribution < 1.29 is 23.9 Å². The second-order valence-corrected chi connectivity index (χ2v) is 9.73. The largest absolute Gasteiger partial charge is 0.465 e. The highest BCUT2D eigenvalue weighted by atomic mass is 16.5. The molecule has 0 spiro atoms. The zero-order valence-corrected chi connectivity index (χ0v) is 21.4. The van der Waals surface area contributed by atoms with Gasteiger partial charge in [0.15, 0.2) is 6.23 Å². The van der Waals surface area contributed by atoms with Gasteiger partial charge in [-0.3, -0.25) is 14.4 Å². The second-order valence-electron chi connectivity index (χ2n) is 9.73. The van der Waals surface area contributed by atoms with Crippen LogP contribution in [0.3, 0.4) is 0 Å². The molecule has 5 rings (SSSR count). The van der Waals surface area contributed by atoms with Crippen molar-refractivity contribution in [3.8, 4) is 0 Å². The number of esters is 1. The van der Waals surface area contributed by atoms with E-state index in [9.17, 15) is 14.4 Å². The van der Waals surface area contributed by atoms with Gasteiger partial charge in [0.2, 0.25) is 11.8 Å². The van der Waals surface area contributed by atoms with E-state index in [0.29, 0.717) is 13.1 Å². The molecule has 2 aliphatic heterocycles. The highest BCUT2D eigenvalue weighted by Crippen LogP contribution is 2.45. The van der Waals surface area contributed by atoms with Crippen molar-refractivity contribution in [3.63, 3.8) is 0 Å². The molecule has 0 aliphatic carbocycles. The summed E-state index contributed by atoms with van der Waals surface area (Å²) >= 11 is 0. The van der Waals surface area contributed by atoms with Crippen LogP contribution in [0.2, 0.25) is 0 Å². The summed E-state index contributed by atoms with van der Waals surface area (Å²) in [5, 5.41) is 0. The topological polar surface area (TPSA) is 76.1 Å². The van der Waals surface area contributed by atoms with Gasteiger partial charge in [-0.15, -0.1) is 0 Å². The van der Waals surface area contributed by atoms with E-state index in [-0.39, 0.29) is 37.5 Å². The van der Waals surface area contributed by atoms with Gasteiger partial charge >= 0.3 is 5.97 Å². The fourth-order valence-electron chi connectivity index (χ4n) is 5.51. The first-order valence-electron chi connectivity index (χ1n) is 13.1. The average molecular weight is 513 g/mol. The molecule has 2 heterocycles. The quantitative estimate of drug-likeness (QED) is 0.315. The van der Waals surface area contributed by atoms with Crippen LogP contribution in [0.4, 0.5) is 0 Å². The van der Waals surface area contributed by atoms with Crippen LogP contribution in [-0.2, 0) is 36.9 Å². The van der Waals surface area contributed by atoms with E-state index in [1.165, 1.54) is 0 Å². The van der Waals surface area contributed by atoms with Gasteiger partial charge in [-0.05, 0) is 18.1 Å². The van der Waals surface area contributed by atoms with Gasteiger partial charge in [-0.25, -0.2) is 0 Å². The first-order chi connectivity index (χ1) is 18.6. The van der Waals surface area contributed by atoms with Crippen molar-refractivity contribution in [2.45, 2.75) is 38.7 Å². The van der Waals surface area contributed by atoms with E-state index in [1.54, 1.807) is 16.7 Å². The molecule has 3 aromatic rings. The minimum Gasteiger partial charge on any atom is -0.465 e. The number of carbonyl (C=O) groups excluding carboxylic acids is 3. The van der Waals surface area contributed by atoms with Crippen LogP contribution >= 0.6 is 0 Å². The maximum Gasteiger partial charge on any atom is 0.318 e. The third-order valence-electron chi connectivity index (χ3n) is 7.30. The number of ether oxygens (including phenoxy) is 2.